The lowest BCUT2D eigenvalue weighted by Gasteiger charge is -2.42. The van der Waals surface area contributed by atoms with Crippen LogP contribution in [-0.2, 0) is 13.5 Å². The zero-order chi connectivity index (χ0) is 13.1. The van der Waals surface area contributed by atoms with Gasteiger partial charge in [-0.15, -0.1) is 0 Å². The molecule has 2 atom stereocenters. The predicted octanol–water partition coefficient (Wildman–Crippen LogP) is 1.28. The van der Waals surface area contributed by atoms with Crippen LogP contribution >= 0.6 is 0 Å². The third-order valence-electron chi connectivity index (χ3n) is 4.03. The van der Waals surface area contributed by atoms with E-state index >= 15 is 0 Å². The monoisotopic (exact) mass is 238 g/mol. The maximum atomic E-state index is 4.23. The van der Waals surface area contributed by atoms with Crippen molar-refractivity contribution in [2.45, 2.75) is 38.3 Å². The SMILES string of the molecule is CCC(C)(C(Cc1cnn(C)c1)NC)N(C)C. The van der Waals surface area contributed by atoms with E-state index in [9.17, 15) is 0 Å². The fourth-order valence-electron chi connectivity index (χ4n) is 2.32. The summed E-state index contributed by atoms with van der Waals surface area (Å²) in [6.45, 7) is 4.55. The molecule has 1 aromatic rings. The number of aromatic nitrogens is 2. The van der Waals surface area contributed by atoms with Crippen molar-refractivity contribution < 1.29 is 0 Å². The van der Waals surface area contributed by atoms with Gasteiger partial charge in [-0.1, -0.05) is 6.92 Å². The Morgan fingerprint density at radius 2 is 2.18 bits per heavy atom. The normalized spacial score (nSPS) is 17.1. The van der Waals surface area contributed by atoms with E-state index in [-0.39, 0.29) is 5.54 Å². The summed E-state index contributed by atoms with van der Waals surface area (Å²) < 4.78 is 1.86. The van der Waals surface area contributed by atoms with Gasteiger partial charge in [0.15, 0.2) is 0 Å². The van der Waals surface area contributed by atoms with Gasteiger partial charge in [-0.2, -0.15) is 5.10 Å². The lowest BCUT2D eigenvalue weighted by Crippen LogP contribution is -2.56. The van der Waals surface area contributed by atoms with Crippen molar-refractivity contribution in [3.8, 4) is 0 Å². The van der Waals surface area contributed by atoms with E-state index in [0.29, 0.717) is 6.04 Å². The molecule has 98 valence electrons. The Balaban J connectivity index is 2.83. The van der Waals surface area contributed by atoms with Crippen LogP contribution in [0, 0.1) is 0 Å². The molecule has 4 heteroatoms. The highest BCUT2D eigenvalue weighted by Gasteiger charge is 2.33. The largest absolute Gasteiger partial charge is 0.315 e. The Morgan fingerprint density at radius 3 is 2.53 bits per heavy atom. The minimum absolute atomic E-state index is 0.157. The average molecular weight is 238 g/mol. The third kappa shape index (κ3) is 3.07. The van der Waals surface area contributed by atoms with E-state index in [4.69, 9.17) is 0 Å². The van der Waals surface area contributed by atoms with Crippen LogP contribution in [0.25, 0.3) is 0 Å². The van der Waals surface area contributed by atoms with Crippen molar-refractivity contribution in [2.24, 2.45) is 7.05 Å². The molecule has 0 aliphatic heterocycles. The molecule has 0 aliphatic rings. The second-order valence-electron chi connectivity index (χ2n) is 5.17. The molecule has 0 radical (unpaired) electrons. The van der Waals surface area contributed by atoms with Gasteiger partial charge in [-0.25, -0.2) is 0 Å². The van der Waals surface area contributed by atoms with Gasteiger partial charge < -0.3 is 10.2 Å². The molecule has 1 rings (SSSR count). The first-order chi connectivity index (χ1) is 7.93. The first kappa shape index (κ1) is 14.2. The van der Waals surface area contributed by atoms with E-state index in [1.807, 2.05) is 25.0 Å². The summed E-state index contributed by atoms with van der Waals surface area (Å²) in [5.74, 6) is 0. The lowest BCUT2D eigenvalue weighted by molar-refractivity contribution is 0.116. The summed E-state index contributed by atoms with van der Waals surface area (Å²) in [6, 6.07) is 0.423. The standard InChI is InChI=1S/C13H26N4/c1-7-13(2,16(4)5)12(14-3)8-11-9-15-17(6)10-11/h9-10,12,14H,7-8H2,1-6H3. The minimum atomic E-state index is 0.157. The van der Waals surface area contributed by atoms with E-state index in [1.54, 1.807) is 0 Å². The quantitative estimate of drug-likeness (QED) is 0.810. The summed E-state index contributed by atoms with van der Waals surface area (Å²) in [6.07, 6.45) is 6.17. The van der Waals surface area contributed by atoms with Gasteiger partial charge in [-0.05, 0) is 46.5 Å². The fourth-order valence-corrected chi connectivity index (χ4v) is 2.32. The maximum Gasteiger partial charge on any atom is 0.0522 e. The van der Waals surface area contributed by atoms with Gasteiger partial charge in [0.2, 0.25) is 0 Å². The van der Waals surface area contributed by atoms with E-state index < -0.39 is 0 Å². The molecule has 0 fully saturated rings. The molecule has 17 heavy (non-hydrogen) atoms. The predicted molar refractivity (Wildman–Crippen MR) is 72.1 cm³/mol. The molecule has 0 spiro atoms. The topological polar surface area (TPSA) is 33.1 Å². The molecule has 1 aromatic heterocycles. The number of hydrogen-bond donors (Lipinski definition) is 1. The van der Waals surface area contributed by atoms with Crippen molar-refractivity contribution in [1.82, 2.24) is 20.0 Å². The van der Waals surface area contributed by atoms with Crippen LogP contribution < -0.4 is 5.32 Å². The van der Waals surface area contributed by atoms with Crippen LogP contribution in [0.3, 0.4) is 0 Å². The number of rotatable bonds is 6. The highest BCUT2D eigenvalue weighted by atomic mass is 15.2. The van der Waals surface area contributed by atoms with Gasteiger partial charge in [0.1, 0.15) is 0 Å². The number of nitrogens with one attached hydrogen (secondary N) is 1. The van der Waals surface area contributed by atoms with E-state index in [2.05, 4.69) is 49.5 Å². The van der Waals surface area contributed by atoms with Crippen LogP contribution in [0.1, 0.15) is 25.8 Å². The summed E-state index contributed by atoms with van der Waals surface area (Å²) in [4.78, 5) is 2.31. The smallest absolute Gasteiger partial charge is 0.0522 e. The van der Waals surface area contributed by atoms with Crippen LogP contribution in [0.2, 0.25) is 0 Å². The van der Waals surface area contributed by atoms with Crippen molar-refractivity contribution >= 4 is 0 Å². The van der Waals surface area contributed by atoms with Gasteiger partial charge in [0.25, 0.3) is 0 Å². The highest BCUT2D eigenvalue weighted by molar-refractivity contribution is 5.09. The van der Waals surface area contributed by atoms with Gasteiger partial charge in [-0.3, -0.25) is 4.68 Å². The molecule has 4 nitrogen and oxygen atoms in total. The molecular formula is C13H26N4. The van der Waals surface area contributed by atoms with Gasteiger partial charge >= 0.3 is 0 Å². The Morgan fingerprint density at radius 1 is 1.53 bits per heavy atom. The van der Waals surface area contributed by atoms with Crippen molar-refractivity contribution in [3.63, 3.8) is 0 Å². The minimum Gasteiger partial charge on any atom is -0.315 e. The van der Waals surface area contributed by atoms with Crippen LogP contribution in [0.4, 0.5) is 0 Å². The highest BCUT2D eigenvalue weighted by Crippen LogP contribution is 2.23. The summed E-state index contributed by atoms with van der Waals surface area (Å²) in [7, 11) is 8.30. The summed E-state index contributed by atoms with van der Waals surface area (Å²) in [5, 5.41) is 7.69. The molecule has 2 unspecified atom stereocenters. The number of aryl methyl sites for hydroxylation is 1. The molecular weight excluding hydrogens is 212 g/mol. The average Bonchev–Trinajstić information content (AvgIpc) is 2.70. The fraction of sp³-hybridized carbons (Fsp3) is 0.769. The number of nitrogens with zero attached hydrogens (tertiary/aromatic N) is 3. The molecule has 0 saturated carbocycles. The second-order valence-corrected chi connectivity index (χ2v) is 5.17. The summed E-state index contributed by atoms with van der Waals surface area (Å²) >= 11 is 0. The Hall–Kier alpha value is -0.870. The molecule has 0 aliphatic carbocycles. The zero-order valence-corrected chi connectivity index (χ0v) is 12.0. The van der Waals surface area contributed by atoms with E-state index in [0.717, 1.165) is 12.8 Å². The van der Waals surface area contributed by atoms with Crippen LogP contribution in [-0.4, -0.2) is 47.4 Å². The van der Waals surface area contributed by atoms with Crippen LogP contribution in [0.5, 0.6) is 0 Å². The van der Waals surface area contributed by atoms with Crippen molar-refractivity contribution in [1.29, 1.82) is 0 Å². The zero-order valence-electron chi connectivity index (χ0n) is 12.0. The Kier molecular flexibility index (Phi) is 4.71. The first-order valence-corrected chi connectivity index (χ1v) is 6.26. The first-order valence-electron chi connectivity index (χ1n) is 6.26. The maximum absolute atomic E-state index is 4.23. The van der Waals surface area contributed by atoms with Gasteiger partial charge in [0, 0.05) is 24.8 Å². The molecule has 1 heterocycles. The Labute approximate surface area is 105 Å². The number of likely N-dealkylation sites (N-methyl/N-ethyl adjacent to an activating group) is 2. The molecule has 0 bridgehead atoms. The second kappa shape index (κ2) is 5.65. The molecule has 1 N–H and O–H groups in total. The van der Waals surface area contributed by atoms with Crippen molar-refractivity contribution in [2.75, 3.05) is 21.1 Å². The Bertz CT molecular complexity index is 345. The van der Waals surface area contributed by atoms with Gasteiger partial charge in [0.05, 0.1) is 6.20 Å². The van der Waals surface area contributed by atoms with Crippen LogP contribution in [0.15, 0.2) is 12.4 Å². The lowest BCUT2D eigenvalue weighted by atomic mass is 9.84. The molecule has 0 aromatic carbocycles. The van der Waals surface area contributed by atoms with Crippen molar-refractivity contribution in [3.05, 3.63) is 18.0 Å². The molecule has 0 saturated heterocycles. The number of hydrogen-bond acceptors (Lipinski definition) is 3. The summed E-state index contributed by atoms with van der Waals surface area (Å²) in [5.41, 5.74) is 1.44. The third-order valence-corrected chi connectivity index (χ3v) is 4.03. The molecule has 0 amide bonds. The van der Waals surface area contributed by atoms with E-state index in [1.165, 1.54) is 5.56 Å².